The molecule has 1 fully saturated rings. The van der Waals surface area contributed by atoms with Gasteiger partial charge in [-0.15, -0.1) is 0 Å². The van der Waals surface area contributed by atoms with Crippen molar-refractivity contribution in [1.29, 1.82) is 0 Å². The first-order valence-corrected chi connectivity index (χ1v) is 9.57. The largest absolute Gasteiger partial charge is 0.545 e. The molecular weight excluding hydrogens is 400 g/mol. The van der Waals surface area contributed by atoms with E-state index >= 15 is 0 Å². The maximum Gasteiger partial charge on any atom is 0.266 e. The Morgan fingerprint density at radius 1 is 1.29 bits per heavy atom. The molecule has 0 aromatic heterocycles. The monoisotopic (exact) mass is 415 g/mol. The molecule has 8 heteroatoms. The molecule has 1 aliphatic heterocycles. The maximum absolute atomic E-state index is 12.7. The Bertz CT molecular complexity index is 986. The van der Waals surface area contributed by atoms with Gasteiger partial charge in [-0.25, -0.2) is 4.99 Å². The first-order valence-electron chi connectivity index (χ1n) is 8.38. The van der Waals surface area contributed by atoms with Crippen molar-refractivity contribution in [2.45, 2.75) is 6.92 Å². The fourth-order valence-corrected chi connectivity index (χ4v) is 3.91. The van der Waals surface area contributed by atoms with Crippen LogP contribution in [0, 0.1) is 0 Å². The van der Waals surface area contributed by atoms with Crippen LogP contribution in [0.1, 0.15) is 22.8 Å². The summed E-state index contributed by atoms with van der Waals surface area (Å²) in [5.74, 6) is -0.834. The van der Waals surface area contributed by atoms with Gasteiger partial charge in [-0.05, 0) is 60.2 Å². The summed E-state index contributed by atoms with van der Waals surface area (Å²) in [4.78, 5) is 30.1. The molecule has 28 heavy (non-hydrogen) atoms. The highest BCUT2D eigenvalue weighted by Gasteiger charge is 2.32. The van der Waals surface area contributed by atoms with Crippen molar-refractivity contribution >= 4 is 52.2 Å². The number of benzene rings is 2. The molecule has 0 spiro atoms. The number of aliphatic imine (C=N–C) groups is 1. The van der Waals surface area contributed by atoms with Crippen molar-refractivity contribution in [1.82, 2.24) is 4.90 Å². The van der Waals surface area contributed by atoms with Gasteiger partial charge in [-0.3, -0.25) is 9.69 Å². The van der Waals surface area contributed by atoms with Crippen LogP contribution >= 0.6 is 23.4 Å². The van der Waals surface area contributed by atoms with Gasteiger partial charge < -0.3 is 14.6 Å². The number of carbonyl (C=O) groups is 2. The van der Waals surface area contributed by atoms with E-state index in [-0.39, 0.29) is 11.5 Å². The van der Waals surface area contributed by atoms with Crippen LogP contribution in [0.5, 0.6) is 5.75 Å². The Labute approximate surface area is 171 Å². The van der Waals surface area contributed by atoms with E-state index in [0.717, 1.165) is 5.56 Å². The second-order valence-electron chi connectivity index (χ2n) is 5.78. The van der Waals surface area contributed by atoms with E-state index < -0.39 is 5.97 Å². The number of carboxylic acid groups (broad SMARTS) is 1. The van der Waals surface area contributed by atoms with E-state index in [2.05, 4.69) is 4.99 Å². The van der Waals surface area contributed by atoms with Crippen molar-refractivity contribution in [3.63, 3.8) is 0 Å². The van der Waals surface area contributed by atoms with Crippen molar-refractivity contribution in [2.75, 3.05) is 13.7 Å². The number of halogens is 1. The van der Waals surface area contributed by atoms with Crippen molar-refractivity contribution in [3.8, 4) is 5.75 Å². The summed E-state index contributed by atoms with van der Waals surface area (Å²) in [6.45, 7) is 2.32. The standard InChI is InChI=1S/C20H17ClN2O4S/c1-3-23-18(24)17(11-12-4-9-16(27-2)15(21)10-12)28-20(23)22-14-7-5-13(6-8-14)19(25)26/h4-11H,3H2,1-2H3,(H,25,26)/p-1/b17-11-,22-20?. The summed E-state index contributed by atoms with van der Waals surface area (Å²) in [6.07, 6.45) is 1.75. The lowest BCUT2D eigenvalue weighted by Crippen LogP contribution is -2.28. The summed E-state index contributed by atoms with van der Waals surface area (Å²) >= 11 is 7.40. The molecule has 0 unspecified atom stereocenters. The van der Waals surface area contributed by atoms with Gasteiger partial charge in [0.2, 0.25) is 0 Å². The number of rotatable bonds is 5. The Hall–Kier alpha value is -2.77. The highest BCUT2D eigenvalue weighted by Crippen LogP contribution is 2.35. The van der Waals surface area contributed by atoms with Crippen LogP contribution in [0.4, 0.5) is 5.69 Å². The van der Waals surface area contributed by atoms with Gasteiger partial charge in [0.15, 0.2) is 5.17 Å². The topological polar surface area (TPSA) is 82.0 Å². The van der Waals surface area contributed by atoms with Crippen LogP contribution in [-0.4, -0.2) is 35.6 Å². The smallest absolute Gasteiger partial charge is 0.266 e. The van der Waals surface area contributed by atoms with Gasteiger partial charge in [0, 0.05) is 6.54 Å². The van der Waals surface area contributed by atoms with E-state index in [0.29, 0.717) is 33.1 Å². The minimum absolute atomic E-state index is 0.0726. The molecule has 2 aromatic carbocycles. The second-order valence-corrected chi connectivity index (χ2v) is 7.20. The second kappa shape index (κ2) is 8.50. The number of carbonyl (C=O) groups excluding carboxylic acids is 2. The molecular formula is C20H16ClN2O4S-. The summed E-state index contributed by atoms with van der Waals surface area (Å²) < 4.78 is 5.14. The third-order valence-corrected chi connectivity index (χ3v) is 5.31. The van der Waals surface area contributed by atoms with Gasteiger partial charge in [-0.1, -0.05) is 29.8 Å². The lowest BCUT2D eigenvalue weighted by Gasteiger charge is -2.12. The number of nitrogens with zero attached hydrogens (tertiary/aromatic N) is 2. The molecule has 1 amide bonds. The number of thioether (sulfide) groups is 1. The van der Waals surface area contributed by atoms with Gasteiger partial charge >= 0.3 is 0 Å². The van der Waals surface area contributed by atoms with Crippen molar-refractivity contribution < 1.29 is 19.4 Å². The highest BCUT2D eigenvalue weighted by atomic mass is 35.5. The maximum atomic E-state index is 12.7. The van der Waals surface area contributed by atoms with Gasteiger partial charge in [0.1, 0.15) is 5.75 Å². The summed E-state index contributed by atoms with van der Waals surface area (Å²) in [5, 5.41) is 11.8. The number of aromatic carboxylic acids is 1. The van der Waals surface area contributed by atoms with Crippen LogP contribution in [0.3, 0.4) is 0 Å². The van der Waals surface area contributed by atoms with E-state index in [1.54, 1.807) is 35.2 Å². The lowest BCUT2D eigenvalue weighted by molar-refractivity contribution is -0.255. The third kappa shape index (κ3) is 4.21. The molecule has 144 valence electrons. The Balaban J connectivity index is 1.89. The fraction of sp³-hybridized carbons (Fsp3) is 0.150. The normalized spacial score (nSPS) is 16.8. The van der Waals surface area contributed by atoms with Crippen LogP contribution in [0.2, 0.25) is 5.02 Å². The quantitative estimate of drug-likeness (QED) is 0.699. The molecule has 0 N–H and O–H groups in total. The predicted octanol–water partition coefficient (Wildman–Crippen LogP) is 3.34. The third-order valence-electron chi connectivity index (χ3n) is 4.01. The van der Waals surface area contributed by atoms with E-state index in [1.807, 2.05) is 13.0 Å². The molecule has 3 rings (SSSR count). The Morgan fingerprint density at radius 3 is 2.57 bits per heavy atom. The zero-order valence-corrected chi connectivity index (χ0v) is 16.7. The Morgan fingerprint density at radius 2 is 2.00 bits per heavy atom. The zero-order chi connectivity index (χ0) is 20.3. The first kappa shape index (κ1) is 20.0. The molecule has 1 aliphatic rings. The molecule has 0 saturated carbocycles. The van der Waals surface area contributed by atoms with Crippen molar-refractivity contribution in [2.24, 2.45) is 4.99 Å². The van der Waals surface area contributed by atoms with Crippen LogP contribution in [0.15, 0.2) is 52.4 Å². The lowest BCUT2D eigenvalue weighted by atomic mass is 10.2. The molecule has 2 aromatic rings. The van der Waals surface area contributed by atoms with Crippen LogP contribution in [0.25, 0.3) is 6.08 Å². The minimum Gasteiger partial charge on any atom is -0.545 e. The average molecular weight is 416 g/mol. The SMILES string of the molecule is CCN1C(=O)/C(=C/c2ccc(OC)c(Cl)c2)SC1=Nc1ccc(C(=O)[O-])cc1. The summed E-state index contributed by atoms with van der Waals surface area (Å²) in [7, 11) is 1.54. The van der Waals surface area contributed by atoms with E-state index in [4.69, 9.17) is 16.3 Å². The van der Waals surface area contributed by atoms with Gasteiger partial charge in [-0.2, -0.15) is 0 Å². The molecule has 0 aliphatic carbocycles. The first-order chi connectivity index (χ1) is 13.4. The molecule has 0 bridgehead atoms. The molecule has 6 nitrogen and oxygen atoms in total. The van der Waals surface area contributed by atoms with Gasteiger partial charge in [0.25, 0.3) is 5.91 Å². The fourth-order valence-electron chi connectivity index (χ4n) is 2.58. The number of hydrogen-bond donors (Lipinski definition) is 0. The zero-order valence-electron chi connectivity index (χ0n) is 15.1. The number of amides is 1. The number of ether oxygens (including phenoxy) is 1. The van der Waals surface area contributed by atoms with Crippen molar-refractivity contribution in [3.05, 3.63) is 63.5 Å². The number of likely N-dealkylation sites (N-methyl/N-ethyl adjacent to an activating group) is 1. The summed E-state index contributed by atoms with van der Waals surface area (Å²) in [6, 6.07) is 11.3. The number of methoxy groups -OCH3 is 1. The molecule has 0 atom stereocenters. The van der Waals surface area contributed by atoms with Crippen LogP contribution in [-0.2, 0) is 4.79 Å². The van der Waals surface area contributed by atoms with Gasteiger partial charge in [0.05, 0.1) is 28.7 Å². The number of hydrogen-bond acceptors (Lipinski definition) is 6. The minimum atomic E-state index is -1.25. The Kier molecular flexibility index (Phi) is 6.06. The van der Waals surface area contributed by atoms with E-state index in [9.17, 15) is 14.7 Å². The average Bonchev–Trinajstić information content (AvgIpc) is 2.96. The van der Waals surface area contributed by atoms with Crippen LogP contribution < -0.4 is 9.84 Å². The summed E-state index contributed by atoms with van der Waals surface area (Å²) in [5.41, 5.74) is 1.40. The highest BCUT2D eigenvalue weighted by molar-refractivity contribution is 8.18. The molecule has 1 heterocycles. The number of carboxylic acids is 1. The van der Waals surface area contributed by atoms with E-state index in [1.165, 1.54) is 31.0 Å². The predicted molar refractivity (Wildman–Crippen MR) is 109 cm³/mol. The molecule has 0 radical (unpaired) electrons. The molecule has 1 saturated heterocycles. The number of amidine groups is 1.